The highest BCUT2D eigenvalue weighted by Crippen LogP contribution is 2.24. The molecule has 2 heterocycles. The zero-order chi connectivity index (χ0) is 11.8. The van der Waals surface area contributed by atoms with E-state index in [4.69, 9.17) is 17.3 Å². The van der Waals surface area contributed by atoms with Crippen LogP contribution in [0.1, 0.15) is 0 Å². The quantitative estimate of drug-likeness (QED) is 0.670. The van der Waals surface area contributed by atoms with Gasteiger partial charge in [-0.05, 0) is 18.2 Å². The number of halogens is 1. The number of pyridine rings is 1. The summed E-state index contributed by atoms with van der Waals surface area (Å²) in [5.41, 5.74) is 8.17. The third-order valence-corrected chi connectivity index (χ3v) is 2.81. The molecule has 0 unspecified atom stereocenters. The summed E-state index contributed by atoms with van der Waals surface area (Å²) in [6.45, 7) is 0. The molecule has 0 saturated heterocycles. The Morgan fingerprint density at radius 2 is 1.94 bits per heavy atom. The molecule has 0 aliphatic rings. The molecule has 0 fully saturated rings. The van der Waals surface area contributed by atoms with Crippen molar-refractivity contribution >= 4 is 22.9 Å². The fourth-order valence-corrected chi connectivity index (χ4v) is 1.90. The van der Waals surface area contributed by atoms with E-state index in [1.165, 1.54) is 0 Å². The number of nitrogens with zero attached hydrogens (tertiary/aromatic N) is 3. The Morgan fingerprint density at radius 3 is 2.76 bits per heavy atom. The van der Waals surface area contributed by atoms with Crippen molar-refractivity contribution in [2.45, 2.75) is 0 Å². The Bertz CT molecular complexity index is 690. The SMILES string of the molecule is Nc1ccccc1-c1nnc2cc(Cl)ccn12. The largest absolute Gasteiger partial charge is 0.398 e. The molecule has 17 heavy (non-hydrogen) atoms. The Kier molecular flexibility index (Phi) is 2.23. The van der Waals surface area contributed by atoms with Gasteiger partial charge in [-0.25, -0.2) is 0 Å². The van der Waals surface area contributed by atoms with E-state index in [0.29, 0.717) is 16.4 Å². The van der Waals surface area contributed by atoms with Gasteiger partial charge in [0.05, 0.1) is 0 Å². The first-order chi connectivity index (χ1) is 8.25. The van der Waals surface area contributed by atoms with Gasteiger partial charge in [-0.2, -0.15) is 0 Å². The molecule has 1 aromatic carbocycles. The van der Waals surface area contributed by atoms with Crippen molar-refractivity contribution in [2.75, 3.05) is 5.73 Å². The summed E-state index contributed by atoms with van der Waals surface area (Å²) in [5.74, 6) is 0.717. The molecule has 2 N–H and O–H groups in total. The lowest BCUT2D eigenvalue weighted by Gasteiger charge is -2.03. The lowest BCUT2D eigenvalue weighted by Crippen LogP contribution is -1.94. The van der Waals surface area contributed by atoms with Gasteiger partial charge in [0, 0.05) is 28.5 Å². The number of para-hydroxylation sites is 1. The van der Waals surface area contributed by atoms with E-state index >= 15 is 0 Å². The van der Waals surface area contributed by atoms with Crippen molar-refractivity contribution in [1.29, 1.82) is 0 Å². The topological polar surface area (TPSA) is 56.2 Å². The highest BCUT2D eigenvalue weighted by Gasteiger charge is 2.10. The molecule has 4 nitrogen and oxygen atoms in total. The van der Waals surface area contributed by atoms with Crippen molar-refractivity contribution in [2.24, 2.45) is 0 Å². The van der Waals surface area contributed by atoms with Crippen molar-refractivity contribution in [3.63, 3.8) is 0 Å². The van der Waals surface area contributed by atoms with E-state index in [1.807, 2.05) is 34.9 Å². The van der Waals surface area contributed by atoms with Crippen LogP contribution in [-0.2, 0) is 0 Å². The van der Waals surface area contributed by atoms with Gasteiger partial charge in [-0.1, -0.05) is 23.7 Å². The molecule has 0 aliphatic heterocycles. The van der Waals surface area contributed by atoms with E-state index in [9.17, 15) is 0 Å². The molecule has 0 bridgehead atoms. The highest BCUT2D eigenvalue weighted by molar-refractivity contribution is 6.30. The van der Waals surface area contributed by atoms with Crippen LogP contribution in [-0.4, -0.2) is 14.6 Å². The first-order valence-electron chi connectivity index (χ1n) is 5.11. The van der Waals surface area contributed by atoms with Crippen LogP contribution in [0.5, 0.6) is 0 Å². The molecule has 0 radical (unpaired) electrons. The lowest BCUT2D eigenvalue weighted by atomic mass is 10.2. The molecule has 84 valence electrons. The van der Waals surface area contributed by atoms with Gasteiger partial charge in [0.2, 0.25) is 0 Å². The second kappa shape index (κ2) is 3.75. The van der Waals surface area contributed by atoms with Crippen LogP contribution in [0.3, 0.4) is 0 Å². The van der Waals surface area contributed by atoms with Crippen LogP contribution < -0.4 is 5.73 Å². The number of benzene rings is 1. The van der Waals surface area contributed by atoms with E-state index in [0.717, 1.165) is 11.4 Å². The summed E-state index contributed by atoms with van der Waals surface area (Å²) < 4.78 is 1.86. The zero-order valence-corrected chi connectivity index (χ0v) is 9.59. The maximum atomic E-state index is 5.93. The van der Waals surface area contributed by atoms with Crippen LogP contribution in [0.15, 0.2) is 42.6 Å². The van der Waals surface area contributed by atoms with Gasteiger partial charge in [0.15, 0.2) is 11.5 Å². The first kappa shape index (κ1) is 10.1. The number of rotatable bonds is 1. The molecule has 5 heteroatoms. The van der Waals surface area contributed by atoms with Gasteiger partial charge < -0.3 is 5.73 Å². The highest BCUT2D eigenvalue weighted by atomic mass is 35.5. The third kappa shape index (κ3) is 1.62. The van der Waals surface area contributed by atoms with Crippen molar-refractivity contribution in [3.05, 3.63) is 47.6 Å². The molecule has 3 aromatic rings. The van der Waals surface area contributed by atoms with Crippen molar-refractivity contribution < 1.29 is 0 Å². The molecule has 0 aliphatic carbocycles. The maximum Gasteiger partial charge on any atom is 0.170 e. The van der Waals surface area contributed by atoms with E-state index < -0.39 is 0 Å². The Balaban J connectivity index is 2.29. The molecule has 0 amide bonds. The van der Waals surface area contributed by atoms with Crippen molar-refractivity contribution in [3.8, 4) is 11.4 Å². The van der Waals surface area contributed by atoms with Crippen LogP contribution in [0, 0.1) is 0 Å². The van der Waals surface area contributed by atoms with Gasteiger partial charge in [0.1, 0.15) is 0 Å². The summed E-state index contributed by atoms with van der Waals surface area (Å²) in [7, 11) is 0. The summed E-state index contributed by atoms with van der Waals surface area (Å²) in [6, 6.07) is 11.1. The first-order valence-corrected chi connectivity index (χ1v) is 5.48. The summed E-state index contributed by atoms with van der Waals surface area (Å²) in [5, 5.41) is 8.85. The molecule has 0 saturated carbocycles. The Labute approximate surface area is 103 Å². The van der Waals surface area contributed by atoms with Gasteiger partial charge in [0.25, 0.3) is 0 Å². The molecule has 0 atom stereocenters. The molecule has 0 spiro atoms. The number of aromatic nitrogens is 3. The molecular formula is C12H9ClN4. The molecular weight excluding hydrogens is 236 g/mol. The average molecular weight is 245 g/mol. The average Bonchev–Trinajstić information content (AvgIpc) is 2.72. The second-order valence-electron chi connectivity index (χ2n) is 3.68. The monoisotopic (exact) mass is 244 g/mol. The van der Waals surface area contributed by atoms with Gasteiger partial charge >= 0.3 is 0 Å². The fraction of sp³-hybridized carbons (Fsp3) is 0. The molecule has 3 rings (SSSR count). The minimum Gasteiger partial charge on any atom is -0.398 e. The standard InChI is InChI=1S/C12H9ClN4/c13-8-5-6-17-11(7-8)15-16-12(17)9-3-1-2-4-10(9)14/h1-7H,14H2. The van der Waals surface area contributed by atoms with Crippen LogP contribution in [0.25, 0.3) is 17.0 Å². The number of nitrogen functional groups attached to an aromatic ring is 1. The normalized spacial score (nSPS) is 10.9. The number of fused-ring (bicyclic) bond motifs is 1. The van der Waals surface area contributed by atoms with Gasteiger partial charge in [-0.3, -0.25) is 4.40 Å². The number of hydrogen-bond acceptors (Lipinski definition) is 3. The summed E-state index contributed by atoms with van der Waals surface area (Å²) in [6.07, 6.45) is 1.83. The predicted octanol–water partition coefficient (Wildman–Crippen LogP) is 2.63. The maximum absolute atomic E-state index is 5.93. The van der Waals surface area contributed by atoms with Crippen LogP contribution in [0.4, 0.5) is 5.69 Å². The second-order valence-corrected chi connectivity index (χ2v) is 4.12. The van der Waals surface area contributed by atoms with Crippen molar-refractivity contribution in [1.82, 2.24) is 14.6 Å². The minimum absolute atomic E-state index is 0.637. The molecule has 2 aromatic heterocycles. The zero-order valence-electron chi connectivity index (χ0n) is 8.84. The van der Waals surface area contributed by atoms with Crippen LogP contribution in [0.2, 0.25) is 5.02 Å². The van der Waals surface area contributed by atoms with Crippen LogP contribution >= 0.6 is 11.6 Å². The van der Waals surface area contributed by atoms with E-state index in [1.54, 1.807) is 12.1 Å². The number of nitrogens with two attached hydrogens (primary N) is 1. The van der Waals surface area contributed by atoms with E-state index in [-0.39, 0.29) is 0 Å². The minimum atomic E-state index is 0.637. The Morgan fingerprint density at radius 1 is 1.12 bits per heavy atom. The number of hydrogen-bond donors (Lipinski definition) is 1. The lowest BCUT2D eigenvalue weighted by molar-refractivity contribution is 1.11. The van der Waals surface area contributed by atoms with E-state index in [2.05, 4.69) is 10.2 Å². The van der Waals surface area contributed by atoms with Gasteiger partial charge in [-0.15, -0.1) is 10.2 Å². The fourth-order valence-electron chi connectivity index (χ4n) is 1.75. The smallest absolute Gasteiger partial charge is 0.170 e. The predicted molar refractivity (Wildman–Crippen MR) is 67.8 cm³/mol. The third-order valence-electron chi connectivity index (χ3n) is 2.57. The number of anilines is 1. The Hall–Kier alpha value is -2.07. The summed E-state index contributed by atoms with van der Waals surface area (Å²) in [4.78, 5) is 0. The summed E-state index contributed by atoms with van der Waals surface area (Å²) >= 11 is 5.90.